The molecule has 2 aromatic carbocycles. The van der Waals surface area contributed by atoms with Crippen LogP contribution in [0, 0.1) is 10.8 Å². The summed E-state index contributed by atoms with van der Waals surface area (Å²) >= 11 is 0. The Bertz CT molecular complexity index is 865. The molecular weight excluding hydrogens is 344 g/mol. The number of nitrogens with one attached hydrogen (secondary N) is 4. The van der Waals surface area contributed by atoms with Crippen molar-refractivity contribution in [3.63, 3.8) is 0 Å². The number of carbonyl (C=O) groups is 1. The summed E-state index contributed by atoms with van der Waals surface area (Å²) in [5, 5.41) is 20.9. The molecule has 0 spiro atoms. The fourth-order valence-corrected chi connectivity index (χ4v) is 2.88. The van der Waals surface area contributed by atoms with Gasteiger partial charge in [-0.2, -0.15) is 0 Å². The first-order valence-corrected chi connectivity index (χ1v) is 8.52. The Kier molecular flexibility index (Phi) is 5.37. The molecule has 1 saturated heterocycles. The molecule has 1 aliphatic heterocycles. The summed E-state index contributed by atoms with van der Waals surface area (Å²) in [6, 6.07) is 13.5. The molecule has 1 aliphatic rings. The topological polar surface area (TPSA) is 150 Å². The number of benzene rings is 2. The van der Waals surface area contributed by atoms with Crippen molar-refractivity contribution in [2.75, 3.05) is 11.9 Å². The van der Waals surface area contributed by atoms with Crippen molar-refractivity contribution >= 4 is 23.3 Å². The van der Waals surface area contributed by atoms with Crippen molar-refractivity contribution < 1.29 is 9.53 Å². The molecule has 1 amide bonds. The predicted molar refractivity (Wildman–Crippen MR) is 104 cm³/mol. The van der Waals surface area contributed by atoms with E-state index in [1.807, 2.05) is 0 Å². The average molecular weight is 366 g/mol. The Balaban J connectivity index is 1.55. The maximum atomic E-state index is 12.4. The molecule has 0 saturated carbocycles. The first kappa shape index (κ1) is 18.4. The van der Waals surface area contributed by atoms with Crippen molar-refractivity contribution in [3.8, 4) is 5.75 Å². The maximum Gasteiger partial charge on any atom is 0.241 e. The summed E-state index contributed by atoms with van der Waals surface area (Å²) in [5.74, 6) is 0.446. The number of nitrogen functional groups attached to an aromatic ring is 2. The van der Waals surface area contributed by atoms with Gasteiger partial charge in [-0.15, -0.1) is 0 Å². The zero-order chi connectivity index (χ0) is 19.4. The number of hydrogen-bond acceptors (Lipinski definition) is 5. The number of rotatable bonds is 6. The number of amides is 1. The van der Waals surface area contributed by atoms with E-state index in [0.29, 0.717) is 35.5 Å². The minimum absolute atomic E-state index is 0.0147. The van der Waals surface area contributed by atoms with E-state index in [0.717, 1.165) is 0 Å². The Morgan fingerprint density at radius 1 is 1.07 bits per heavy atom. The standard InChI is InChI=1S/C19H22N6O2/c20-17(21)11-4-6-13(7-5-11)25-19(26)16-9-15(10-24-16)27-14-3-1-2-12(8-14)18(22)23/h1-8,15-16,24H,9-10H2,(H3,20,21)(H3,22,23)(H,25,26)/t15-,16+/m1/s1. The van der Waals surface area contributed by atoms with E-state index in [1.54, 1.807) is 48.5 Å². The van der Waals surface area contributed by atoms with E-state index in [4.69, 9.17) is 27.0 Å². The van der Waals surface area contributed by atoms with E-state index in [9.17, 15) is 4.79 Å². The number of hydrogen-bond donors (Lipinski definition) is 6. The van der Waals surface area contributed by atoms with Crippen LogP contribution in [-0.2, 0) is 4.79 Å². The van der Waals surface area contributed by atoms with Crippen LogP contribution in [0.3, 0.4) is 0 Å². The van der Waals surface area contributed by atoms with Gasteiger partial charge >= 0.3 is 0 Å². The highest BCUT2D eigenvalue weighted by atomic mass is 16.5. The van der Waals surface area contributed by atoms with E-state index in [2.05, 4.69) is 10.6 Å². The van der Waals surface area contributed by atoms with Gasteiger partial charge in [-0.05, 0) is 36.4 Å². The lowest BCUT2D eigenvalue weighted by molar-refractivity contribution is -0.117. The molecule has 0 aliphatic carbocycles. The monoisotopic (exact) mass is 366 g/mol. The van der Waals surface area contributed by atoms with Gasteiger partial charge in [-0.25, -0.2) is 0 Å². The lowest BCUT2D eigenvalue weighted by Crippen LogP contribution is -2.35. The fraction of sp³-hybridized carbons (Fsp3) is 0.211. The van der Waals surface area contributed by atoms with Crippen LogP contribution in [0.2, 0.25) is 0 Å². The van der Waals surface area contributed by atoms with E-state index >= 15 is 0 Å². The van der Waals surface area contributed by atoms with Crippen LogP contribution in [-0.4, -0.2) is 36.3 Å². The number of nitrogens with two attached hydrogens (primary N) is 2. The molecule has 3 rings (SSSR count). The molecule has 27 heavy (non-hydrogen) atoms. The summed E-state index contributed by atoms with van der Waals surface area (Å²) < 4.78 is 5.91. The van der Waals surface area contributed by atoms with Crippen molar-refractivity contribution in [3.05, 3.63) is 59.7 Å². The van der Waals surface area contributed by atoms with Crippen LogP contribution < -0.4 is 26.8 Å². The summed E-state index contributed by atoms with van der Waals surface area (Å²) in [6.45, 7) is 0.547. The van der Waals surface area contributed by atoms with Gasteiger partial charge in [0.15, 0.2) is 0 Å². The predicted octanol–water partition coefficient (Wildman–Crippen LogP) is 1.00. The van der Waals surface area contributed by atoms with Gasteiger partial charge in [-0.3, -0.25) is 15.6 Å². The minimum Gasteiger partial charge on any atom is -0.489 e. The normalized spacial score (nSPS) is 18.7. The number of amidine groups is 2. The van der Waals surface area contributed by atoms with Gasteiger partial charge in [-0.1, -0.05) is 12.1 Å². The molecule has 0 radical (unpaired) electrons. The average Bonchev–Trinajstić information content (AvgIpc) is 3.11. The third kappa shape index (κ3) is 4.62. The SMILES string of the molecule is N=C(N)c1ccc(NC(=O)[C@@H]2C[C@@H](Oc3cccc(C(=N)N)c3)CN2)cc1. The second kappa shape index (κ2) is 7.88. The number of carbonyl (C=O) groups excluding carboxylic acids is 1. The quantitative estimate of drug-likeness (QED) is 0.333. The fourth-order valence-electron chi connectivity index (χ4n) is 2.88. The van der Waals surface area contributed by atoms with Crippen LogP contribution in [0.1, 0.15) is 17.5 Å². The molecule has 1 fully saturated rings. The van der Waals surface area contributed by atoms with Crippen LogP contribution >= 0.6 is 0 Å². The molecule has 8 heteroatoms. The first-order chi connectivity index (χ1) is 12.9. The second-order valence-electron chi connectivity index (χ2n) is 6.36. The molecule has 2 atom stereocenters. The van der Waals surface area contributed by atoms with Crippen LogP contribution in [0.5, 0.6) is 5.75 Å². The summed E-state index contributed by atoms with van der Waals surface area (Å²) in [5.41, 5.74) is 12.8. The lowest BCUT2D eigenvalue weighted by atomic mass is 10.1. The Labute approximate surface area is 156 Å². The first-order valence-electron chi connectivity index (χ1n) is 8.52. The zero-order valence-corrected chi connectivity index (χ0v) is 14.7. The smallest absolute Gasteiger partial charge is 0.241 e. The summed E-state index contributed by atoms with van der Waals surface area (Å²) in [7, 11) is 0. The highest BCUT2D eigenvalue weighted by molar-refractivity contribution is 5.97. The van der Waals surface area contributed by atoms with Gasteiger partial charge in [0.25, 0.3) is 0 Å². The van der Waals surface area contributed by atoms with Gasteiger partial charge in [0.2, 0.25) is 5.91 Å². The Morgan fingerprint density at radius 3 is 2.44 bits per heavy atom. The third-order valence-electron chi connectivity index (χ3n) is 4.32. The number of anilines is 1. The van der Waals surface area contributed by atoms with Crippen molar-refractivity contribution in [1.29, 1.82) is 10.8 Å². The molecule has 140 valence electrons. The molecular formula is C19H22N6O2. The van der Waals surface area contributed by atoms with Gasteiger partial charge < -0.3 is 26.8 Å². The van der Waals surface area contributed by atoms with Gasteiger partial charge in [0.1, 0.15) is 23.5 Å². The zero-order valence-electron chi connectivity index (χ0n) is 14.7. The van der Waals surface area contributed by atoms with Crippen molar-refractivity contribution in [1.82, 2.24) is 5.32 Å². The number of ether oxygens (including phenoxy) is 1. The van der Waals surface area contributed by atoms with Crippen LogP contribution in [0.25, 0.3) is 0 Å². The van der Waals surface area contributed by atoms with E-state index < -0.39 is 0 Å². The van der Waals surface area contributed by atoms with Crippen molar-refractivity contribution in [2.24, 2.45) is 11.5 Å². The van der Waals surface area contributed by atoms with E-state index in [-0.39, 0.29) is 29.7 Å². The lowest BCUT2D eigenvalue weighted by Gasteiger charge is -2.14. The highest BCUT2D eigenvalue weighted by Gasteiger charge is 2.30. The molecule has 8 nitrogen and oxygen atoms in total. The maximum absolute atomic E-state index is 12.4. The molecule has 2 aromatic rings. The Morgan fingerprint density at radius 2 is 1.78 bits per heavy atom. The molecule has 0 bridgehead atoms. The summed E-state index contributed by atoms with van der Waals surface area (Å²) in [4.78, 5) is 12.4. The molecule has 0 aromatic heterocycles. The molecule has 8 N–H and O–H groups in total. The molecule has 1 heterocycles. The largest absolute Gasteiger partial charge is 0.489 e. The van der Waals surface area contributed by atoms with E-state index in [1.165, 1.54) is 0 Å². The van der Waals surface area contributed by atoms with Gasteiger partial charge in [0, 0.05) is 29.8 Å². The highest BCUT2D eigenvalue weighted by Crippen LogP contribution is 2.19. The third-order valence-corrected chi connectivity index (χ3v) is 4.32. The Hall–Kier alpha value is -3.39. The van der Waals surface area contributed by atoms with Crippen molar-refractivity contribution in [2.45, 2.75) is 18.6 Å². The summed E-state index contributed by atoms with van der Waals surface area (Å²) in [6.07, 6.45) is 0.379. The van der Waals surface area contributed by atoms with Crippen LogP contribution in [0.15, 0.2) is 48.5 Å². The molecule has 0 unspecified atom stereocenters. The van der Waals surface area contributed by atoms with Crippen LogP contribution in [0.4, 0.5) is 5.69 Å². The van der Waals surface area contributed by atoms with Gasteiger partial charge in [0.05, 0.1) is 6.04 Å². The minimum atomic E-state index is -0.363. The second-order valence-corrected chi connectivity index (χ2v) is 6.36.